The first-order chi connectivity index (χ1) is 9.72. The number of hydrogen-bond donors (Lipinski definition) is 1. The molecule has 3 nitrogen and oxygen atoms in total. The topological polar surface area (TPSA) is 34.1 Å². The van der Waals surface area contributed by atoms with Gasteiger partial charge in [0, 0.05) is 12.8 Å². The molecule has 2 rings (SSSR count). The van der Waals surface area contributed by atoms with Crippen LogP contribution in [-0.4, -0.2) is 24.2 Å². The molecule has 20 heavy (non-hydrogen) atoms. The van der Waals surface area contributed by atoms with Gasteiger partial charge in [0.15, 0.2) is 0 Å². The third kappa shape index (κ3) is 3.36. The number of aromatic nitrogens is 1. The van der Waals surface area contributed by atoms with E-state index in [9.17, 15) is 4.39 Å². The van der Waals surface area contributed by atoms with Crippen molar-refractivity contribution in [2.75, 3.05) is 13.7 Å². The Kier molecular flexibility index (Phi) is 5.49. The Morgan fingerprint density at radius 2 is 2.00 bits per heavy atom. The Balaban J connectivity index is 2.33. The lowest BCUT2D eigenvalue weighted by Crippen LogP contribution is -2.45. The normalized spacial score (nSPS) is 20.4. The van der Waals surface area contributed by atoms with Crippen LogP contribution in [0.4, 0.5) is 4.39 Å². The van der Waals surface area contributed by atoms with E-state index in [0.29, 0.717) is 6.61 Å². The van der Waals surface area contributed by atoms with Gasteiger partial charge >= 0.3 is 0 Å². The van der Waals surface area contributed by atoms with Crippen molar-refractivity contribution >= 4 is 0 Å². The first-order valence-corrected chi connectivity index (χ1v) is 7.63. The fraction of sp³-hybridized carbons (Fsp3) is 0.688. The minimum atomic E-state index is -0.289. The van der Waals surface area contributed by atoms with Crippen LogP contribution in [0.25, 0.3) is 0 Å². The molecule has 0 saturated heterocycles. The van der Waals surface area contributed by atoms with Crippen LogP contribution in [0.2, 0.25) is 0 Å². The summed E-state index contributed by atoms with van der Waals surface area (Å²) in [5, 5.41) is 3.34. The van der Waals surface area contributed by atoms with Crippen LogP contribution in [0.5, 0.6) is 0 Å². The van der Waals surface area contributed by atoms with Crippen molar-refractivity contribution in [2.45, 2.75) is 57.1 Å². The van der Waals surface area contributed by atoms with Gasteiger partial charge in [-0.15, -0.1) is 0 Å². The van der Waals surface area contributed by atoms with E-state index in [0.717, 1.165) is 18.4 Å². The molecule has 1 fully saturated rings. The van der Waals surface area contributed by atoms with Crippen molar-refractivity contribution in [3.63, 3.8) is 0 Å². The van der Waals surface area contributed by atoms with Gasteiger partial charge in [0.1, 0.15) is 5.82 Å². The molecule has 4 heteroatoms. The van der Waals surface area contributed by atoms with Crippen molar-refractivity contribution in [3.8, 4) is 0 Å². The van der Waals surface area contributed by atoms with E-state index in [1.54, 1.807) is 12.3 Å². The number of nitrogens with zero attached hydrogens (tertiary/aromatic N) is 1. The second-order valence-corrected chi connectivity index (χ2v) is 5.57. The quantitative estimate of drug-likeness (QED) is 0.837. The average Bonchev–Trinajstić information content (AvgIpc) is 2.66. The summed E-state index contributed by atoms with van der Waals surface area (Å²) in [5.41, 5.74) is 0.637. The lowest BCUT2D eigenvalue weighted by molar-refractivity contribution is -0.0768. The van der Waals surface area contributed by atoms with Gasteiger partial charge in [0.05, 0.1) is 17.8 Å². The zero-order valence-electron chi connectivity index (χ0n) is 12.5. The molecule has 1 saturated carbocycles. The minimum absolute atomic E-state index is 0.0104. The smallest absolute Gasteiger partial charge is 0.141 e. The molecule has 0 radical (unpaired) electrons. The first kappa shape index (κ1) is 15.4. The van der Waals surface area contributed by atoms with E-state index in [1.165, 1.54) is 31.9 Å². The number of ether oxygens (including phenoxy) is 1. The van der Waals surface area contributed by atoms with Gasteiger partial charge in [-0.25, -0.2) is 4.39 Å². The molecule has 0 bridgehead atoms. The maximum atomic E-state index is 13.5. The van der Waals surface area contributed by atoms with Gasteiger partial charge in [-0.3, -0.25) is 4.98 Å². The van der Waals surface area contributed by atoms with Crippen LogP contribution >= 0.6 is 0 Å². The van der Waals surface area contributed by atoms with Gasteiger partial charge in [-0.2, -0.15) is 0 Å². The first-order valence-electron chi connectivity index (χ1n) is 7.63. The summed E-state index contributed by atoms with van der Waals surface area (Å²) in [5.74, 6) is -0.289. The number of hydrogen-bond acceptors (Lipinski definition) is 3. The number of rotatable bonds is 5. The Morgan fingerprint density at radius 3 is 2.55 bits per heavy atom. The molecule has 1 aliphatic carbocycles. The second kappa shape index (κ2) is 7.14. The highest BCUT2D eigenvalue weighted by molar-refractivity contribution is 5.20. The number of halogens is 1. The van der Waals surface area contributed by atoms with Crippen LogP contribution in [0.3, 0.4) is 0 Å². The molecule has 1 unspecified atom stereocenters. The summed E-state index contributed by atoms with van der Waals surface area (Å²) in [6.45, 7) is 2.71. The maximum Gasteiger partial charge on any atom is 0.141 e. The Morgan fingerprint density at radius 1 is 1.30 bits per heavy atom. The van der Waals surface area contributed by atoms with Crippen LogP contribution in [0.15, 0.2) is 18.5 Å². The predicted octanol–water partition coefficient (Wildman–Crippen LogP) is 3.61. The van der Waals surface area contributed by atoms with Crippen molar-refractivity contribution < 1.29 is 9.13 Å². The molecule has 1 aromatic heterocycles. The van der Waals surface area contributed by atoms with E-state index < -0.39 is 0 Å². The van der Waals surface area contributed by atoms with Gasteiger partial charge < -0.3 is 10.1 Å². The zero-order valence-corrected chi connectivity index (χ0v) is 12.5. The summed E-state index contributed by atoms with van der Waals surface area (Å²) in [6.07, 6.45) is 9.87. The van der Waals surface area contributed by atoms with E-state index in [1.807, 2.05) is 14.0 Å². The molecular weight excluding hydrogens is 255 g/mol. The second-order valence-electron chi connectivity index (χ2n) is 5.57. The average molecular weight is 280 g/mol. The summed E-state index contributed by atoms with van der Waals surface area (Å²) in [6, 6.07) is 1.56. The number of pyridine rings is 1. The zero-order chi connectivity index (χ0) is 14.4. The molecule has 1 N–H and O–H groups in total. The molecule has 0 aliphatic heterocycles. The maximum absolute atomic E-state index is 13.5. The summed E-state index contributed by atoms with van der Waals surface area (Å²) in [4.78, 5) is 3.99. The third-order valence-corrected chi connectivity index (χ3v) is 4.26. The standard InChI is InChI=1S/C16H25FN2O/c1-3-20-16(8-6-4-5-7-9-16)15(18-2)13-10-14(17)12-19-11-13/h10-12,15,18H,3-9H2,1-2H3. The van der Waals surface area contributed by atoms with Gasteiger partial charge in [-0.1, -0.05) is 25.7 Å². The largest absolute Gasteiger partial charge is 0.373 e. The monoisotopic (exact) mass is 280 g/mol. The fourth-order valence-electron chi connectivity index (χ4n) is 3.45. The van der Waals surface area contributed by atoms with Crippen LogP contribution in [0, 0.1) is 5.82 Å². The van der Waals surface area contributed by atoms with Crippen LogP contribution in [-0.2, 0) is 4.74 Å². The Bertz CT molecular complexity index is 417. The molecule has 0 amide bonds. The third-order valence-electron chi connectivity index (χ3n) is 4.26. The van der Waals surface area contributed by atoms with Crippen molar-refractivity contribution in [2.24, 2.45) is 0 Å². The lowest BCUT2D eigenvalue weighted by atomic mass is 9.82. The van der Waals surface area contributed by atoms with E-state index >= 15 is 0 Å². The van der Waals surface area contributed by atoms with Crippen molar-refractivity contribution in [1.29, 1.82) is 0 Å². The van der Waals surface area contributed by atoms with Gasteiger partial charge in [-0.05, 0) is 38.4 Å². The fourth-order valence-corrected chi connectivity index (χ4v) is 3.45. The Labute approximate surface area is 120 Å². The highest BCUT2D eigenvalue weighted by atomic mass is 19.1. The van der Waals surface area contributed by atoms with E-state index in [-0.39, 0.29) is 17.5 Å². The SMILES string of the molecule is CCOC1(C(NC)c2cncc(F)c2)CCCCCC1. The van der Waals surface area contributed by atoms with Crippen molar-refractivity contribution in [1.82, 2.24) is 10.3 Å². The Hall–Kier alpha value is -1.00. The van der Waals surface area contributed by atoms with Crippen LogP contribution < -0.4 is 5.32 Å². The summed E-state index contributed by atoms with van der Waals surface area (Å²) < 4.78 is 19.7. The highest BCUT2D eigenvalue weighted by Crippen LogP contribution is 2.40. The minimum Gasteiger partial charge on any atom is -0.373 e. The van der Waals surface area contributed by atoms with Gasteiger partial charge in [0.25, 0.3) is 0 Å². The number of likely N-dealkylation sites (N-methyl/N-ethyl adjacent to an activating group) is 1. The molecule has 1 heterocycles. The van der Waals surface area contributed by atoms with E-state index in [2.05, 4.69) is 10.3 Å². The van der Waals surface area contributed by atoms with Gasteiger partial charge in [0.2, 0.25) is 0 Å². The molecule has 1 aromatic rings. The highest BCUT2D eigenvalue weighted by Gasteiger charge is 2.40. The number of nitrogens with one attached hydrogen (secondary N) is 1. The van der Waals surface area contributed by atoms with Crippen molar-refractivity contribution in [3.05, 3.63) is 29.8 Å². The molecule has 0 aromatic carbocycles. The summed E-state index contributed by atoms with van der Waals surface area (Å²) in [7, 11) is 1.92. The molecule has 1 aliphatic rings. The lowest BCUT2D eigenvalue weighted by Gasteiger charge is -2.40. The van der Waals surface area contributed by atoms with E-state index in [4.69, 9.17) is 4.74 Å². The van der Waals surface area contributed by atoms with Crippen LogP contribution in [0.1, 0.15) is 57.1 Å². The summed E-state index contributed by atoms with van der Waals surface area (Å²) >= 11 is 0. The molecule has 1 atom stereocenters. The molecule has 0 spiro atoms. The molecular formula is C16H25FN2O. The predicted molar refractivity (Wildman–Crippen MR) is 78.1 cm³/mol. The molecule has 112 valence electrons.